The van der Waals surface area contributed by atoms with E-state index in [1.165, 1.54) is 0 Å². The van der Waals surface area contributed by atoms with Gasteiger partial charge in [-0.25, -0.2) is 0 Å². The second-order valence-corrected chi connectivity index (χ2v) is 8.89. The van der Waals surface area contributed by atoms with E-state index in [0.717, 1.165) is 5.38 Å². The van der Waals surface area contributed by atoms with E-state index in [4.69, 9.17) is 9.82 Å². The Balaban J connectivity index is 3.06. The van der Waals surface area contributed by atoms with E-state index in [-0.39, 0.29) is 0 Å². The lowest BCUT2D eigenvalue weighted by Gasteiger charge is -2.32. The summed E-state index contributed by atoms with van der Waals surface area (Å²) in [6.07, 6.45) is 1.72. The summed E-state index contributed by atoms with van der Waals surface area (Å²) in [5.74, 6) is 0. The molecule has 2 N–H and O–H groups in total. The Bertz CT molecular complexity index is 246. The minimum atomic E-state index is -1.89. The van der Waals surface area contributed by atoms with Crippen molar-refractivity contribution in [1.29, 1.82) is 0 Å². The Labute approximate surface area is 81.2 Å². The lowest BCUT2D eigenvalue weighted by Crippen LogP contribution is -2.61. The molecular formula is C10H19NOSi. The average Bonchev–Trinajstić information content (AvgIpc) is 2.54. The first-order valence-corrected chi connectivity index (χ1v) is 7.05. The zero-order chi connectivity index (χ0) is 10.1. The van der Waals surface area contributed by atoms with Crippen molar-refractivity contribution < 1.29 is 4.42 Å². The molecule has 0 spiro atoms. The fourth-order valence-electron chi connectivity index (χ4n) is 1.76. The lowest BCUT2D eigenvalue weighted by molar-refractivity contribution is 0.591. The molecule has 13 heavy (non-hydrogen) atoms. The zero-order valence-electron chi connectivity index (χ0n) is 8.87. The summed E-state index contributed by atoms with van der Waals surface area (Å²) in [7, 11) is -1.89. The van der Waals surface area contributed by atoms with Crippen LogP contribution in [0, 0.1) is 0 Å². The largest absolute Gasteiger partial charge is 0.473 e. The van der Waals surface area contributed by atoms with Gasteiger partial charge >= 0.3 is 0 Å². The second kappa shape index (κ2) is 3.68. The van der Waals surface area contributed by atoms with Gasteiger partial charge in [0.2, 0.25) is 8.24 Å². The van der Waals surface area contributed by atoms with E-state index in [1.807, 2.05) is 12.1 Å². The van der Waals surface area contributed by atoms with Crippen molar-refractivity contribution >= 4 is 13.6 Å². The summed E-state index contributed by atoms with van der Waals surface area (Å²) >= 11 is 0. The Hall–Kier alpha value is -0.543. The molecule has 0 bridgehead atoms. The van der Waals surface area contributed by atoms with Crippen molar-refractivity contribution in [3.05, 3.63) is 18.4 Å². The molecule has 74 valence electrons. The first-order chi connectivity index (χ1) is 5.99. The summed E-state index contributed by atoms with van der Waals surface area (Å²) in [6.45, 7) is 8.76. The molecule has 0 atom stereocenters. The van der Waals surface area contributed by atoms with Crippen LogP contribution in [0.5, 0.6) is 0 Å². The van der Waals surface area contributed by atoms with Crippen LogP contribution in [0.2, 0.25) is 11.1 Å². The van der Waals surface area contributed by atoms with Gasteiger partial charge in [-0.15, -0.1) is 0 Å². The molecule has 3 heteroatoms. The molecule has 0 saturated heterocycles. The highest BCUT2D eigenvalue weighted by Crippen LogP contribution is 2.26. The zero-order valence-corrected chi connectivity index (χ0v) is 9.87. The van der Waals surface area contributed by atoms with Crippen LogP contribution >= 0.6 is 0 Å². The second-order valence-electron chi connectivity index (χ2n) is 4.22. The van der Waals surface area contributed by atoms with Gasteiger partial charge in [-0.1, -0.05) is 27.7 Å². The monoisotopic (exact) mass is 197 g/mol. The van der Waals surface area contributed by atoms with E-state index >= 15 is 0 Å². The van der Waals surface area contributed by atoms with Gasteiger partial charge in [0, 0.05) is 0 Å². The Kier molecular flexibility index (Phi) is 2.98. The van der Waals surface area contributed by atoms with Crippen molar-refractivity contribution in [3.8, 4) is 0 Å². The maximum absolute atomic E-state index is 6.49. The van der Waals surface area contributed by atoms with Crippen LogP contribution in [-0.4, -0.2) is 8.24 Å². The smallest absolute Gasteiger partial charge is 0.204 e. The highest BCUT2D eigenvalue weighted by Gasteiger charge is 2.40. The first kappa shape index (κ1) is 10.5. The summed E-state index contributed by atoms with van der Waals surface area (Å²) in [5.41, 5.74) is 1.03. The molecule has 0 aromatic carbocycles. The van der Waals surface area contributed by atoms with E-state index in [2.05, 4.69) is 27.7 Å². The molecule has 0 unspecified atom stereocenters. The molecule has 2 nitrogen and oxygen atoms in total. The van der Waals surface area contributed by atoms with E-state index < -0.39 is 8.24 Å². The number of hydrogen-bond acceptors (Lipinski definition) is 2. The molecule has 1 aromatic heterocycles. The minimum absolute atomic E-state index is 0.513. The third-order valence-electron chi connectivity index (χ3n) is 2.86. The summed E-state index contributed by atoms with van der Waals surface area (Å²) in [4.78, 5) is 0. The lowest BCUT2D eigenvalue weighted by atomic mass is 10.5. The van der Waals surface area contributed by atoms with Crippen molar-refractivity contribution in [1.82, 2.24) is 0 Å². The third kappa shape index (κ3) is 1.71. The highest BCUT2D eigenvalue weighted by atomic mass is 28.3. The molecule has 0 radical (unpaired) electrons. The van der Waals surface area contributed by atoms with Crippen molar-refractivity contribution in [2.45, 2.75) is 38.8 Å². The van der Waals surface area contributed by atoms with Gasteiger partial charge in [0.05, 0.1) is 6.26 Å². The summed E-state index contributed by atoms with van der Waals surface area (Å²) in [5, 5.41) is 7.52. The topological polar surface area (TPSA) is 39.2 Å². The van der Waals surface area contributed by atoms with E-state index in [0.29, 0.717) is 11.1 Å². The summed E-state index contributed by atoms with van der Waals surface area (Å²) < 4.78 is 5.46. The first-order valence-electron chi connectivity index (χ1n) is 4.82. The molecule has 1 aromatic rings. The molecule has 0 saturated carbocycles. The SMILES string of the molecule is CC(C)[Si](N)(c1ccco1)C(C)C. The van der Waals surface area contributed by atoms with Gasteiger partial charge in [0.1, 0.15) is 5.38 Å². The van der Waals surface area contributed by atoms with Crippen LogP contribution in [0.1, 0.15) is 27.7 Å². The number of rotatable bonds is 3. The Morgan fingerprint density at radius 3 is 2.08 bits per heavy atom. The summed E-state index contributed by atoms with van der Waals surface area (Å²) in [6, 6.07) is 3.95. The molecule has 1 rings (SSSR count). The molecule has 0 aliphatic rings. The van der Waals surface area contributed by atoms with Gasteiger partial charge in [-0.05, 0) is 23.2 Å². The van der Waals surface area contributed by atoms with Gasteiger partial charge in [0.15, 0.2) is 0 Å². The minimum Gasteiger partial charge on any atom is -0.473 e. The molecule has 1 heterocycles. The van der Waals surface area contributed by atoms with Gasteiger partial charge in [-0.2, -0.15) is 0 Å². The molecule has 0 fully saturated rings. The Morgan fingerprint density at radius 1 is 1.23 bits per heavy atom. The highest BCUT2D eigenvalue weighted by molar-refractivity contribution is 6.90. The quantitative estimate of drug-likeness (QED) is 0.755. The van der Waals surface area contributed by atoms with Gasteiger partial charge in [-0.3, -0.25) is 0 Å². The average molecular weight is 197 g/mol. The fraction of sp³-hybridized carbons (Fsp3) is 0.600. The number of furan rings is 1. The van der Waals surface area contributed by atoms with E-state index in [1.54, 1.807) is 6.26 Å². The molecular weight excluding hydrogens is 178 g/mol. The molecule has 0 amide bonds. The third-order valence-corrected chi connectivity index (χ3v) is 7.82. The van der Waals surface area contributed by atoms with Crippen LogP contribution in [0.25, 0.3) is 0 Å². The standard InChI is InChI=1S/C10H19NOSi/c1-8(2)13(11,9(3)4)10-6-5-7-12-10/h5-9H,11H2,1-4H3. The van der Waals surface area contributed by atoms with Crippen molar-refractivity contribution in [2.75, 3.05) is 0 Å². The van der Waals surface area contributed by atoms with Crippen LogP contribution in [0.15, 0.2) is 22.8 Å². The van der Waals surface area contributed by atoms with Crippen LogP contribution in [0.4, 0.5) is 0 Å². The normalized spacial score (nSPS) is 12.8. The van der Waals surface area contributed by atoms with Crippen molar-refractivity contribution in [2.24, 2.45) is 5.40 Å². The van der Waals surface area contributed by atoms with Gasteiger partial charge in [0.25, 0.3) is 0 Å². The maximum Gasteiger partial charge on any atom is 0.204 e. The molecule has 0 aliphatic carbocycles. The maximum atomic E-state index is 6.49. The predicted molar refractivity (Wildman–Crippen MR) is 58.5 cm³/mol. The fourth-order valence-corrected chi connectivity index (χ4v) is 4.89. The van der Waals surface area contributed by atoms with Gasteiger partial charge < -0.3 is 9.82 Å². The van der Waals surface area contributed by atoms with Crippen molar-refractivity contribution in [3.63, 3.8) is 0 Å². The van der Waals surface area contributed by atoms with Crippen LogP contribution in [-0.2, 0) is 0 Å². The number of nitrogens with two attached hydrogens (primary N) is 1. The van der Waals surface area contributed by atoms with E-state index in [9.17, 15) is 0 Å². The van der Waals surface area contributed by atoms with Crippen LogP contribution in [0.3, 0.4) is 0 Å². The predicted octanol–water partition coefficient (Wildman–Crippen LogP) is 2.21. The van der Waals surface area contributed by atoms with Crippen LogP contribution < -0.4 is 10.8 Å². The number of hydrogen-bond donors (Lipinski definition) is 1. The Morgan fingerprint density at radius 2 is 1.77 bits per heavy atom. The molecule has 0 aliphatic heterocycles.